The van der Waals surface area contributed by atoms with E-state index >= 15 is 0 Å². The van der Waals surface area contributed by atoms with E-state index in [0.717, 1.165) is 4.90 Å². The van der Waals surface area contributed by atoms with E-state index in [1.54, 1.807) is 24.3 Å². The van der Waals surface area contributed by atoms with Crippen molar-refractivity contribution in [3.8, 4) is 5.75 Å². The lowest BCUT2D eigenvalue weighted by Crippen LogP contribution is -2.54. The molecule has 0 saturated carbocycles. The number of hydrogen-bond donors (Lipinski definition) is 2. The van der Waals surface area contributed by atoms with Crippen LogP contribution in [0.4, 0.5) is 10.5 Å². The molecule has 0 bridgehead atoms. The van der Waals surface area contributed by atoms with Crippen LogP contribution in [0, 0.1) is 0 Å². The Morgan fingerprint density at radius 3 is 2.37 bits per heavy atom. The van der Waals surface area contributed by atoms with Crippen molar-refractivity contribution in [1.29, 1.82) is 0 Å². The molecule has 1 heterocycles. The Labute approximate surface area is 153 Å². The zero-order valence-electron chi connectivity index (χ0n) is 14.1. The lowest BCUT2D eigenvalue weighted by molar-refractivity contribution is -0.122. The van der Waals surface area contributed by atoms with Crippen LogP contribution in [-0.2, 0) is 9.59 Å². The fourth-order valence-corrected chi connectivity index (χ4v) is 2.59. The van der Waals surface area contributed by atoms with Crippen LogP contribution in [0.5, 0.6) is 5.75 Å². The highest BCUT2D eigenvalue weighted by Crippen LogP contribution is 2.25. The molecule has 136 valence electrons. The van der Waals surface area contributed by atoms with Gasteiger partial charge in [-0.15, -0.1) is 0 Å². The van der Waals surface area contributed by atoms with Gasteiger partial charge in [-0.25, -0.2) is 14.5 Å². The minimum Gasteiger partial charge on any atom is -0.496 e. The number of nitrogens with one attached hydrogen (secondary N) is 1. The van der Waals surface area contributed by atoms with Crippen molar-refractivity contribution in [3.63, 3.8) is 0 Å². The molecule has 0 aliphatic carbocycles. The number of amides is 4. The number of aromatic carboxylic acids is 1. The fourth-order valence-electron chi connectivity index (χ4n) is 2.59. The summed E-state index contributed by atoms with van der Waals surface area (Å²) in [5.41, 5.74) is 0.390. The largest absolute Gasteiger partial charge is 0.496 e. The third-order valence-electron chi connectivity index (χ3n) is 3.91. The maximum Gasteiger partial charge on any atom is 0.335 e. The number of para-hydroxylation sites is 1. The quantitative estimate of drug-likeness (QED) is 0.633. The summed E-state index contributed by atoms with van der Waals surface area (Å²) in [7, 11) is 1.46. The van der Waals surface area contributed by atoms with Gasteiger partial charge < -0.3 is 9.84 Å². The second-order valence-corrected chi connectivity index (χ2v) is 5.55. The Balaban J connectivity index is 2.01. The molecule has 8 heteroatoms. The van der Waals surface area contributed by atoms with E-state index < -0.39 is 23.8 Å². The number of methoxy groups -OCH3 is 1. The number of hydrogen-bond acceptors (Lipinski definition) is 5. The van der Waals surface area contributed by atoms with Crippen molar-refractivity contribution < 1.29 is 29.0 Å². The Morgan fingerprint density at radius 2 is 1.74 bits per heavy atom. The summed E-state index contributed by atoms with van der Waals surface area (Å²) in [6.45, 7) is 0. The minimum atomic E-state index is -1.14. The molecule has 2 aromatic rings. The average molecular weight is 366 g/mol. The molecule has 2 N–H and O–H groups in total. The molecule has 1 aliphatic heterocycles. The summed E-state index contributed by atoms with van der Waals surface area (Å²) in [4.78, 5) is 48.8. The number of barbiturate groups is 1. The number of urea groups is 1. The summed E-state index contributed by atoms with van der Waals surface area (Å²) in [5, 5.41) is 11.1. The van der Waals surface area contributed by atoms with Gasteiger partial charge in [0.2, 0.25) is 0 Å². The number of nitrogens with zero attached hydrogens (tertiary/aromatic N) is 1. The molecule has 0 radical (unpaired) electrons. The van der Waals surface area contributed by atoms with Crippen LogP contribution in [0.3, 0.4) is 0 Å². The molecule has 1 saturated heterocycles. The second kappa shape index (κ2) is 7.12. The molecule has 8 nitrogen and oxygen atoms in total. The number of carboxylic acids is 1. The van der Waals surface area contributed by atoms with Crippen LogP contribution in [-0.4, -0.2) is 36.0 Å². The van der Waals surface area contributed by atoms with Gasteiger partial charge in [0.05, 0.1) is 18.4 Å². The van der Waals surface area contributed by atoms with Gasteiger partial charge in [-0.3, -0.25) is 14.9 Å². The number of benzene rings is 2. The van der Waals surface area contributed by atoms with Crippen LogP contribution in [0.15, 0.2) is 54.1 Å². The van der Waals surface area contributed by atoms with E-state index in [9.17, 15) is 19.2 Å². The molecule has 1 fully saturated rings. The monoisotopic (exact) mass is 366 g/mol. The first kappa shape index (κ1) is 17.9. The summed E-state index contributed by atoms with van der Waals surface area (Å²) in [5.74, 6) is -2.32. The molecule has 1 aliphatic rings. The maximum atomic E-state index is 12.8. The molecule has 27 heavy (non-hydrogen) atoms. The van der Waals surface area contributed by atoms with Crippen molar-refractivity contribution in [2.45, 2.75) is 0 Å². The van der Waals surface area contributed by atoms with Gasteiger partial charge in [-0.05, 0) is 36.4 Å². The predicted octanol–water partition coefficient (Wildman–Crippen LogP) is 2.06. The molecule has 4 amide bonds. The van der Waals surface area contributed by atoms with E-state index in [4.69, 9.17) is 9.84 Å². The third kappa shape index (κ3) is 3.40. The smallest absolute Gasteiger partial charge is 0.335 e. The van der Waals surface area contributed by atoms with Crippen molar-refractivity contribution in [2.24, 2.45) is 0 Å². The van der Waals surface area contributed by atoms with E-state index in [0.29, 0.717) is 11.3 Å². The van der Waals surface area contributed by atoms with Gasteiger partial charge in [0.1, 0.15) is 11.3 Å². The number of carbonyl (C=O) groups is 4. The normalized spacial score (nSPS) is 15.7. The molecule has 0 aromatic heterocycles. The maximum absolute atomic E-state index is 12.8. The first-order valence-corrected chi connectivity index (χ1v) is 7.80. The van der Waals surface area contributed by atoms with Gasteiger partial charge in [0.15, 0.2) is 0 Å². The van der Waals surface area contributed by atoms with E-state index in [1.165, 1.54) is 37.5 Å². The number of ether oxygens (including phenoxy) is 1. The van der Waals surface area contributed by atoms with Crippen molar-refractivity contribution >= 4 is 35.6 Å². The molecule has 0 atom stereocenters. The van der Waals surface area contributed by atoms with E-state index in [2.05, 4.69) is 5.32 Å². The molecule has 0 spiro atoms. The zero-order valence-corrected chi connectivity index (χ0v) is 14.1. The van der Waals surface area contributed by atoms with Crippen LogP contribution in [0.1, 0.15) is 15.9 Å². The SMILES string of the molecule is COc1ccccc1/C=C1\C(=O)NC(=O)N(c2ccc(C(=O)O)cc2)C1=O. The molecular formula is C19H14N2O6. The Hall–Kier alpha value is -3.94. The topological polar surface area (TPSA) is 113 Å². The van der Waals surface area contributed by atoms with Crippen molar-refractivity contribution in [3.05, 3.63) is 65.2 Å². The first-order valence-electron chi connectivity index (χ1n) is 7.80. The van der Waals surface area contributed by atoms with Gasteiger partial charge in [0, 0.05) is 5.56 Å². The molecular weight excluding hydrogens is 352 g/mol. The van der Waals surface area contributed by atoms with Crippen LogP contribution < -0.4 is 15.0 Å². The molecule has 3 rings (SSSR count). The average Bonchev–Trinajstić information content (AvgIpc) is 2.65. The Morgan fingerprint density at radius 1 is 1.07 bits per heavy atom. The Bertz CT molecular complexity index is 978. The van der Waals surface area contributed by atoms with E-state index in [1.807, 2.05) is 0 Å². The lowest BCUT2D eigenvalue weighted by Gasteiger charge is -2.26. The first-order chi connectivity index (χ1) is 12.9. The number of carboxylic acid groups (broad SMARTS) is 1. The minimum absolute atomic E-state index is 0.00415. The van der Waals surface area contributed by atoms with Crippen LogP contribution in [0.2, 0.25) is 0 Å². The summed E-state index contributed by atoms with van der Waals surface area (Å²) >= 11 is 0. The van der Waals surface area contributed by atoms with Gasteiger partial charge >= 0.3 is 12.0 Å². The van der Waals surface area contributed by atoms with Gasteiger partial charge in [0.25, 0.3) is 11.8 Å². The van der Waals surface area contributed by atoms with Gasteiger partial charge in [-0.1, -0.05) is 18.2 Å². The molecule has 2 aromatic carbocycles. The Kier molecular flexibility index (Phi) is 4.71. The number of anilines is 1. The highest BCUT2D eigenvalue weighted by atomic mass is 16.5. The summed E-state index contributed by atoms with van der Waals surface area (Å²) < 4.78 is 5.20. The fraction of sp³-hybridized carbons (Fsp3) is 0.0526. The van der Waals surface area contributed by atoms with E-state index in [-0.39, 0.29) is 16.8 Å². The van der Waals surface area contributed by atoms with Crippen LogP contribution >= 0.6 is 0 Å². The highest BCUT2D eigenvalue weighted by molar-refractivity contribution is 6.39. The predicted molar refractivity (Wildman–Crippen MR) is 95.4 cm³/mol. The standard InChI is InChI=1S/C19H14N2O6/c1-27-15-5-3-2-4-12(15)10-14-16(22)20-19(26)21(17(14)23)13-8-6-11(7-9-13)18(24)25/h2-10H,1H3,(H,24,25)(H,20,22,26)/b14-10+. The summed E-state index contributed by atoms with van der Waals surface area (Å²) in [6.07, 6.45) is 1.33. The van der Waals surface area contributed by atoms with Crippen molar-refractivity contribution in [1.82, 2.24) is 5.32 Å². The number of imide groups is 2. The number of rotatable bonds is 4. The zero-order chi connectivity index (χ0) is 19.6. The highest BCUT2D eigenvalue weighted by Gasteiger charge is 2.37. The van der Waals surface area contributed by atoms with Gasteiger partial charge in [-0.2, -0.15) is 0 Å². The summed E-state index contributed by atoms with van der Waals surface area (Å²) in [6, 6.07) is 11.0. The van der Waals surface area contributed by atoms with Crippen LogP contribution in [0.25, 0.3) is 6.08 Å². The lowest BCUT2D eigenvalue weighted by atomic mass is 10.1. The van der Waals surface area contributed by atoms with Crippen molar-refractivity contribution in [2.75, 3.05) is 12.0 Å². The molecule has 0 unspecified atom stereocenters. The third-order valence-corrected chi connectivity index (χ3v) is 3.91. The second-order valence-electron chi connectivity index (χ2n) is 5.55. The number of carbonyl (C=O) groups excluding carboxylic acids is 3.